The Bertz CT molecular complexity index is 1520. The number of aryl methyl sites for hydroxylation is 1. The number of benzene rings is 3. The lowest BCUT2D eigenvalue weighted by atomic mass is 9.96. The van der Waals surface area contributed by atoms with Crippen LogP contribution in [-0.2, 0) is 4.79 Å². The fourth-order valence-corrected chi connectivity index (χ4v) is 5.50. The summed E-state index contributed by atoms with van der Waals surface area (Å²) in [6.45, 7) is 4.44. The molecule has 0 fully saturated rings. The van der Waals surface area contributed by atoms with Crippen molar-refractivity contribution < 1.29 is 9.59 Å². The summed E-state index contributed by atoms with van der Waals surface area (Å²) in [7, 11) is 0. The van der Waals surface area contributed by atoms with E-state index in [9.17, 15) is 9.59 Å². The number of amides is 3. The maximum atomic E-state index is 14.3. The first-order valence-corrected chi connectivity index (χ1v) is 13.8. The number of hydrogen-bond donors (Lipinski definition) is 1. The minimum Gasteiger partial charge on any atom is -0.316 e. The number of nitrogens with zero attached hydrogens (tertiary/aromatic N) is 3. The minimum atomic E-state index is -0.387. The van der Waals surface area contributed by atoms with Gasteiger partial charge < -0.3 is 14.8 Å². The number of fused-ring (bicyclic) bond motifs is 3. The molecular formula is C31H30Cl2N4O2. The van der Waals surface area contributed by atoms with Gasteiger partial charge in [0.1, 0.15) is 12.6 Å². The van der Waals surface area contributed by atoms with Crippen LogP contribution in [0.25, 0.3) is 5.69 Å². The lowest BCUT2D eigenvalue weighted by Crippen LogP contribution is -2.48. The molecule has 3 aromatic carbocycles. The van der Waals surface area contributed by atoms with Crippen molar-refractivity contribution in [2.75, 3.05) is 23.3 Å². The monoisotopic (exact) mass is 560 g/mol. The van der Waals surface area contributed by atoms with E-state index in [1.807, 2.05) is 72.6 Å². The van der Waals surface area contributed by atoms with Crippen LogP contribution in [0.4, 0.5) is 16.2 Å². The molecule has 39 heavy (non-hydrogen) atoms. The molecule has 1 N–H and O–H groups in total. The average Bonchev–Trinajstić information content (AvgIpc) is 3.41. The number of aromatic nitrogens is 1. The van der Waals surface area contributed by atoms with E-state index in [2.05, 4.69) is 22.9 Å². The molecule has 0 aliphatic carbocycles. The zero-order valence-electron chi connectivity index (χ0n) is 21.9. The molecule has 0 spiro atoms. The summed E-state index contributed by atoms with van der Waals surface area (Å²) < 4.78 is 2.14. The fourth-order valence-electron chi connectivity index (χ4n) is 5.04. The molecule has 3 amide bonds. The molecule has 0 radical (unpaired) electrons. The van der Waals surface area contributed by atoms with E-state index in [0.717, 1.165) is 41.0 Å². The van der Waals surface area contributed by atoms with Crippen LogP contribution in [0.15, 0.2) is 85.1 Å². The Hall–Kier alpha value is -3.74. The van der Waals surface area contributed by atoms with E-state index in [0.29, 0.717) is 22.3 Å². The summed E-state index contributed by atoms with van der Waals surface area (Å²) in [5.74, 6) is -0.171. The van der Waals surface area contributed by atoms with E-state index in [4.69, 9.17) is 23.2 Å². The number of urea groups is 1. The van der Waals surface area contributed by atoms with Crippen LogP contribution in [0.3, 0.4) is 0 Å². The fraction of sp³-hybridized carbons (Fsp3) is 0.226. The molecule has 0 saturated carbocycles. The molecular weight excluding hydrogens is 531 g/mol. The van der Waals surface area contributed by atoms with Crippen LogP contribution in [0.2, 0.25) is 10.0 Å². The number of carbonyl (C=O) groups excluding carboxylic acids is 2. The third kappa shape index (κ3) is 5.54. The highest BCUT2D eigenvalue weighted by molar-refractivity contribution is 6.36. The number of unbranched alkanes of at least 4 members (excludes halogenated alkanes) is 1. The van der Waals surface area contributed by atoms with Crippen LogP contribution in [0.5, 0.6) is 0 Å². The SMILES string of the molecule is CCCCN(CC(=O)N1c2ccccc2-n2cccc2C1c1cccc(C)c1)C(=O)Nc1ccc(Cl)cc1Cl. The molecule has 5 rings (SSSR count). The summed E-state index contributed by atoms with van der Waals surface area (Å²) >= 11 is 12.3. The lowest BCUT2D eigenvalue weighted by molar-refractivity contribution is -0.119. The molecule has 1 aliphatic rings. The standard InChI is InChI=1S/C31H30Cl2N4O2/c1-3-4-16-35(31(39)34-25-15-14-23(32)19-24(25)33)20-29(38)37-27-12-6-5-11-26(27)36-17-8-13-28(36)30(37)22-10-7-9-21(2)18-22/h5-15,17-19,30H,3-4,16,20H2,1-2H3,(H,34,39). The Balaban J connectivity index is 1.51. The highest BCUT2D eigenvalue weighted by atomic mass is 35.5. The van der Waals surface area contributed by atoms with E-state index in [1.165, 1.54) is 0 Å². The number of nitrogens with one attached hydrogen (secondary N) is 1. The van der Waals surface area contributed by atoms with Gasteiger partial charge in [0.05, 0.1) is 27.8 Å². The van der Waals surface area contributed by atoms with E-state index < -0.39 is 0 Å². The third-order valence-corrected chi connectivity index (χ3v) is 7.46. The van der Waals surface area contributed by atoms with Gasteiger partial charge in [0, 0.05) is 17.8 Å². The van der Waals surface area contributed by atoms with Gasteiger partial charge in [-0.1, -0.05) is 78.5 Å². The summed E-state index contributed by atoms with van der Waals surface area (Å²) in [5, 5.41) is 3.67. The van der Waals surface area contributed by atoms with Crippen molar-refractivity contribution in [3.8, 4) is 5.69 Å². The average molecular weight is 562 g/mol. The van der Waals surface area contributed by atoms with Gasteiger partial charge in [0.15, 0.2) is 0 Å². The maximum absolute atomic E-state index is 14.3. The van der Waals surface area contributed by atoms with Gasteiger partial charge >= 0.3 is 6.03 Å². The Kier molecular flexibility index (Phi) is 7.96. The van der Waals surface area contributed by atoms with Crippen LogP contribution >= 0.6 is 23.2 Å². The lowest BCUT2D eigenvalue weighted by Gasteiger charge is -2.39. The Morgan fingerprint density at radius 3 is 2.49 bits per heavy atom. The number of para-hydroxylation sites is 2. The van der Waals surface area contributed by atoms with Gasteiger partial charge in [-0.15, -0.1) is 0 Å². The second-order valence-corrected chi connectivity index (χ2v) is 10.5. The van der Waals surface area contributed by atoms with Gasteiger partial charge in [0.25, 0.3) is 0 Å². The Morgan fingerprint density at radius 1 is 0.949 bits per heavy atom. The number of rotatable bonds is 7. The molecule has 6 nitrogen and oxygen atoms in total. The van der Waals surface area contributed by atoms with Crippen molar-refractivity contribution in [3.05, 3.63) is 112 Å². The Morgan fingerprint density at radius 2 is 1.74 bits per heavy atom. The van der Waals surface area contributed by atoms with Gasteiger partial charge in [-0.3, -0.25) is 9.69 Å². The van der Waals surface area contributed by atoms with Crippen molar-refractivity contribution >= 4 is 46.5 Å². The van der Waals surface area contributed by atoms with Gasteiger partial charge in [-0.25, -0.2) is 4.79 Å². The molecule has 0 bridgehead atoms. The van der Waals surface area contributed by atoms with Gasteiger partial charge in [0.2, 0.25) is 5.91 Å². The number of halogens is 2. The number of hydrogen-bond acceptors (Lipinski definition) is 2. The molecule has 1 aliphatic heterocycles. The maximum Gasteiger partial charge on any atom is 0.322 e. The number of anilines is 2. The predicted molar refractivity (Wildman–Crippen MR) is 158 cm³/mol. The molecule has 1 aromatic heterocycles. The second-order valence-electron chi connectivity index (χ2n) is 9.70. The summed E-state index contributed by atoms with van der Waals surface area (Å²) in [6, 6.07) is 24.3. The van der Waals surface area contributed by atoms with E-state index in [-0.39, 0.29) is 24.5 Å². The van der Waals surface area contributed by atoms with Crippen LogP contribution in [0, 0.1) is 6.92 Å². The molecule has 1 unspecified atom stereocenters. The van der Waals surface area contributed by atoms with Gasteiger partial charge in [-0.2, -0.15) is 0 Å². The zero-order valence-corrected chi connectivity index (χ0v) is 23.4. The van der Waals surface area contributed by atoms with Crippen molar-refractivity contribution in [1.82, 2.24) is 9.47 Å². The topological polar surface area (TPSA) is 57.6 Å². The highest BCUT2D eigenvalue weighted by Crippen LogP contribution is 2.42. The Labute approximate surface area is 238 Å². The third-order valence-electron chi connectivity index (χ3n) is 6.91. The quantitative estimate of drug-likeness (QED) is 0.250. The molecule has 1 atom stereocenters. The smallest absolute Gasteiger partial charge is 0.316 e. The van der Waals surface area contributed by atoms with Crippen molar-refractivity contribution in [2.24, 2.45) is 0 Å². The largest absolute Gasteiger partial charge is 0.322 e. The normalized spacial score (nSPS) is 13.9. The number of carbonyl (C=O) groups is 2. The van der Waals surface area contributed by atoms with E-state index >= 15 is 0 Å². The minimum absolute atomic E-state index is 0.0889. The van der Waals surface area contributed by atoms with Crippen LogP contribution < -0.4 is 10.2 Å². The van der Waals surface area contributed by atoms with Gasteiger partial charge in [-0.05, 0) is 61.4 Å². The summed E-state index contributed by atoms with van der Waals surface area (Å²) in [5.41, 5.74) is 5.28. The summed E-state index contributed by atoms with van der Waals surface area (Å²) in [6.07, 6.45) is 3.66. The molecule has 0 saturated heterocycles. The van der Waals surface area contributed by atoms with Crippen LogP contribution in [-0.4, -0.2) is 34.5 Å². The first kappa shape index (κ1) is 26.9. The summed E-state index contributed by atoms with van der Waals surface area (Å²) in [4.78, 5) is 31.1. The zero-order chi connectivity index (χ0) is 27.5. The molecule has 200 valence electrons. The van der Waals surface area contributed by atoms with Crippen molar-refractivity contribution in [3.63, 3.8) is 0 Å². The molecule has 8 heteroatoms. The highest BCUT2D eigenvalue weighted by Gasteiger charge is 2.37. The molecule has 4 aromatic rings. The molecule has 2 heterocycles. The van der Waals surface area contributed by atoms with Crippen molar-refractivity contribution in [1.29, 1.82) is 0 Å². The second kappa shape index (κ2) is 11.6. The van der Waals surface area contributed by atoms with Crippen molar-refractivity contribution in [2.45, 2.75) is 32.7 Å². The first-order chi connectivity index (χ1) is 18.9. The first-order valence-electron chi connectivity index (χ1n) is 13.0. The van der Waals surface area contributed by atoms with E-state index in [1.54, 1.807) is 23.1 Å². The van der Waals surface area contributed by atoms with Crippen LogP contribution in [0.1, 0.15) is 42.6 Å². The predicted octanol–water partition coefficient (Wildman–Crippen LogP) is 7.86.